The lowest BCUT2D eigenvalue weighted by molar-refractivity contribution is 0.0897. The molecule has 3 rings (SSSR count). The maximum atomic E-state index is 14.0. The molecule has 1 aromatic carbocycles. The quantitative estimate of drug-likeness (QED) is 0.235. The van der Waals surface area contributed by atoms with Crippen molar-refractivity contribution >= 4 is 50.7 Å². The van der Waals surface area contributed by atoms with Gasteiger partial charge in [0.15, 0.2) is 0 Å². The van der Waals surface area contributed by atoms with Gasteiger partial charge in [0.05, 0.1) is 5.39 Å². The maximum absolute atomic E-state index is 14.0. The first-order valence-corrected chi connectivity index (χ1v) is 16.3. The fourth-order valence-electron chi connectivity index (χ4n) is 2.93. The number of anilines is 1. The zero-order chi connectivity index (χ0) is 23.7. The highest BCUT2D eigenvalue weighted by atomic mass is 79.9. The van der Waals surface area contributed by atoms with Crippen molar-refractivity contribution in [3.63, 3.8) is 0 Å². The molecule has 0 spiro atoms. The summed E-state index contributed by atoms with van der Waals surface area (Å²) in [5, 5.41) is 2.96. The number of hydrogen-bond acceptors (Lipinski definition) is 6. The van der Waals surface area contributed by atoms with Crippen LogP contribution in [-0.4, -0.2) is 43.9 Å². The number of rotatable bonds is 9. The Morgan fingerprint density at radius 2 is 1.84 bits per heavy atom. The van der Waals surface area contributed by atoms with Gasteiger partial charge < -0.3 is 14.6 Å². The van der Waals surface area contributed by atoms with Crippen LogP contribution in [0.1, 0.15) is 5.56 Å². The first-order valence-electron chi connectivity index (χ1n) is 9.88. The van der Waals surface area contributed by atoms with E-state index in [1.807, 2.05) is 0 Å². The lowest BCUT2D eigenvalue weighted by Gasteiger charge is -2.15. The molecule has 0 aliphatic rings. The summed E-state index contributed by atoms with van der Waals surface area (Å²) in [5.41, 5.74) is 0.155. The van der Waals surface area contributed by atoms with Crippen molar-refractivity contribution in [3.05, 3.63) is 46.1 Å². The van der Waals surface area contributed by atoms with E-state index < -0.39 is 34.7 Å². The summed E-state index contributed by atoms with van der Waals surface area (Å²) >= 11 is 3.45. The smallest absolute Gasteiger partial charge is 0.250 e. The summed E-state index contributed by atoms with van der Waals surface area (Å²) < 4.78 is 60.5. The first-order chi connectivity index (χ1) is 14.9. The fourth-order valence-corrected chi connectivity index (χ4v) is 4.80. The summed E-state index contributed by atoms with van der Waals surface area (Å²) in [6, 6.07) is 4.57. The second-order valence-corrected chi connectivity index (χ2v) is 17.1. The molecular formula is C20H25BrF2N4O3SSi. The van der Waals surface area contributed by atoms with Crippen LogP contribution in [0.15, 0.2) is 34.0 Å². The molecule has 0 aliphatic carbocycles. The Kier molecular flexibility index (Phi) is 7.37. The van der Waals surface area contributed by atoms with E-state index in [4.69, 9.17) is 4.74 Å². The molecule has 32 heavy (non-hydrogen) atoms. The summed E-state index contributed by atoms with van der Waals surface area (Å²) in [7, 11) is -5.00. The van der Waals surface area contributed by atoms with Gasteiger partial charge in [0.1, 0.15) is 29.8 Å². The number of halogens is 3. The molecule has 0 saturated heterocycles. The SMILES string of the molecule is C[Si](C)(C)CCOCn1cc(Br)c2c(NCc3c(F)cccc3F)nc(S(C)(=O)=O)nc21. The standard InChI is InChI=1S/C20H25BrF2N4O3SSi/c1-31(28,29)20-25-18(24-10-13-15(22)6-5-7-16(13)23)17-14(21)11-27(19(17)26-20)12-30-8-9-32(2,3)4/h5-7,11H,8-10,12H2,1-4H3,(H,24,25,26). The van der Waals surface area contributed by atoms with E-state index >= 15 is 0 Å². The molecule has 0 atom stereocenters. The van der Waals surface area contributed by atoms with E-state index in [2.05, 4.69) is 50.9 Å². The predicted molar refractivity (Wildman–Crippen MR) is 126 cm³/mol. The van der Waals surface area contributed by atoms with Gasteiger partial charge in [-0.05, 0) is 34.1 Å². The van der Waals surface area contributed by atoms with Gasteiger partial charge in [0.25, 0.3) is 5.16 Å². The molecule has 174 valence electrons. The molecule has 2 heterocycles. The fraction of sp³-hybridized carbons (Fsp3) is 0.400. The maximum Gasteiger partial charge on any atom is 0.250 e. The van der Waals surface area contributed by atoms with E-state index in [0.717, 1.165) is 24.4 Å². The molecule has 0 radical (unpaired) electrons. The second kappa shape index (κ2) is 9.54. The zero-order valence-electron chi connectivity index (χ0n) is 18.2. The Morgan fingerprint density at radius 3 is 2.44 bits per heavy atom. The summed E-state index contributed by atoms with van der Waals surface area (Å²) in [4.78, 5) is 8.34. The van der Waals surface area contributed by atoms with Gasteiger partial charge >= 0.3 is 0 Å². The lowest BCUT2D eigenvalue weighted by Crippen LogP contribution is -2.22. The van der Waals surface area contributed by atoms with Crippen LogP contribution in [0.25, 0.3) is 11.0 Å². The molecule has 0 fully saturated rings. The van der Waals surface area contributed by atoms with Crippen LogP contribution >= 0.6 is 15.9 Å². The first kappa shape index (κ1) is 24.7. The normalized spacial score (nSPS) is 12.5. The van der Waals surface area contributed by atoms with Gasteiger partial charge in [0, 0.05) is 43.7 Å². The van der Waals surface area contributed by atoms with Crippen molar-refractivity contribution in [3.8, 4) is 0 Å². The Bertz CT molecular complexity index is 1230. The largest absolute Gasteiger partial charge is 0.365 e. The van der Waals surface area contributed by atoms with E-state index in [1.54, 1.807) is 10.8 Å². The molecule has 7 nitrogen and oxygen atoms in total. The highest BCUT2D eigenvalue weighted by Gasteiger charge is 2.21. The third-order valence-corrected chi connectivity index (χ3v) is 7.85. The summed E-state index contributed by atoms with van der Waals surface area (Å²) in [5.74, 6) is -1.28. The number of ether oxygens (including phenoxy) is 1. The summed E-state index contributed by atoms with van der Waals surface area (Å²) in [6.07, 6.45) is 2.72. The number of fused-ring (bicyclic) bond motifs is 1. The van der Waals surface area contributed by atoms with Crippen molar-refractivity contribution in [1.82, 2.24) is 14.5 Å². The van der Waals surface area contributed by atoms with Gasteiger partial charge in [-0.3, -0.25) is 0 Å². The number of hydrogen-bond donors (Lipinski definition) is 1. The molecule has 0 saturated carbocycles. The number of benzene rings is 1. The van der Waals surface area contributed by atoms with Crippen molar-refractivity contribution in [2.45, 2.75) is 44.1 Å². The van der Waals surface area contributed by atoms with Gasteiger partial charge in [-0.1, -0.05) is 25.7 Å². The molecule has 0 unspecified atom stereocenters. The van der Waals surface area contributed by atoms with Crippen LogP contribution in [0.2, 0.25) is 25.7 Å². The van der Waals surface area contributed by atoms with Crippen LogP contribution in [0.3, 0.4) is 0 Å². The number of sulfone groups is 1. The Morgan fingerprint density at radius 1 is 1.19 bits per heavy atom. The molecule has 3 aromatic rings. The molecule has 0 aliphatic heterocycles. The van der Waals surface area contributed by atoms with Crippen LogP contribution in [0.5, 0.6) is 0 Å². The molecule has 0 bridgehead atoms. The van der Waals surface area contributed by atoms with Gasteiger partial charge in [-0.2, -0.15) is 4.98 Å². The highest BCUT2D eigenvalue weighted by Crippen LogP contribution is 2.32. The highest BCUT2D eigenvalue weighted by molar-refractivity contribution is 9.10. The minimum Gasteiger partial charge on any atom is -0.365 e. The number of nitrogens with one attached hydrogen (secondary N) is 1. The second-order valence-electron chi connectivity index (χ2n) is 8.67. The Labute approximate surface area is 195 Å². The van der Waals surface area contributed by atoms with Crippen molar-refractivity contribution in [1.29, 1.82) is 0 Å². The van der Waals surface area contributed by atoms with Gasteiger partial charge in [0.2, 0.25) is 9.84 Å². The topological polar surface area (TPSA) is 86.1 Å². The zero-order valence-corrected chi connectivity index (χ0v) is 21.6. The van der Waals surface area contributed by atoms with Gasteiger partial charge in [-0.25, -0.2) is 22.2 Å². The summed E-state index contributed by atoms with van der Waals surface area (Å²) in [6.45, 7) is 7.28. The van der Waals surface area contributed by atoms with E-state index in [0.29, 0.717) is 22.1 Å². The van der Waals surface area contributed by atoms with Crippen LogP contribution in [0, 0.1) is 11.6 Å². The molecule has 12 heteroatoms. The number of nitrogens with zero attached hydrogens (tertiary/aromatic N) is 3. The Balaban J connectivity index is 1.97. The van der Waals surface area contributed by atoms with E-state index in [1.165, 1.54) is 6.07 Å². The molecule has 2 aromatic heterocycles. The van der Waals surface area contributed by atoms with Crippen molar-refractivity contribution < 1.29 is 21.9 Å². The third kappa shape index (κ3) is 5.91. The minimum absolute atomic E-state index is 0.144. The van der Waals surface area contributed by atoms with Gasteiger partial charge in [-0.15, -0.1) is 0 Å². The van der Waals surface area contributed by atoms with E-state index in [-0.39, 0.29) is 24.7 Å². The molecule has 1 N–H and O–H groups in total. The monoisotopic (exact) mass is 546 g/mol. The minimum atomic E-state index is -3.74. The third-order valence-electron chi connectivity index (χ3n) is 4.70. The number of aromatic nitrogens is 3. The van der Waals surface area contributed by atoms with Crippen molar-refractivity contribution in [2.75, 3.05) is 18.2 Å². The van der Waals surface area contributed by atoms with E-state index in [9.17, 15) is 17.2 Å². The lowest BCUT2D eigenvalue weighted by atomic mass is 10.2. The van der Waals surface area contributed by atoms with Crippen LogP contribution in [0.4, 0.5) is 14.6 Å². The van der Waals surface area contributed by atoms with Crippen LogP contribution < -0.4 is 5.32 Å². The molecule has 0 amide bonds. The predicted octanol–water partition coefficient (Wildman–Crippen LogP) is 4.80. The Hall–Kier alpha value is -1.89. The molecular weight excluding hydrogens is 522 g/mol. The van der Waals surface area contributed by atoms with Crippen molar-refractivity contribution in [2.24, 2.45) is 0 Å². The average Bonchev–Trinajstić information content (AvgIpc) is 2.99. The average molecular weight is 547 g/mol. The van der Waals surface area contributed by atoms with Crippen LogP contribution in [-0.2, 0) is 27.8 Å².